The number of hydrogen-bond acceptors (Lipinski definition) is 3. The van der Waals surface area contributed by atoms with E-state index in [1.165, 1.54) is 37.8 Å². The predicted molar refractivity (Wildman–Crippen MR) is 88.5 cm³/mol. The molecule has 1 aliphatic rings. The van der Waals surface area contributed by atoms with Gasteiger partial charge >= 0.3 is 0 Å². The fourth-order valence-corrected chi connectivity index (χ4v) is 3.11. The van der Waals surface area contributed by atoms with E-state index in [0.29, 0.717) is 12.5 Å². The first kappa shape index (κ1) is 16.3. The van der Waals surface area contributed by atoms with Gasteiger partial charge in [-0.25, -0.2) is 0 Å². The van der Waals surface area contributed by atoms with Crippen LogP contribution in [0.2, 0.25) is 0 Å². The molecule has 3 nitrogen and oxygen atoms in total. The van der Waals surface area contributed by atoms with Crippen LogP contribution in [0.4, 0.5) is 5.69 Å². The van der Waals surface area contributed by atoms with Crippen LogP contribution in [0.3, 0.4) is 0 Å². The first-order chi connectivity index (χ1) is 10.1. The van der Waals surface area contributed by atoms with Crippen LogP contribution < -0.4 is 4.90 Å². The molecule has 1 aromatic heterocycles. The summed E-state index contributed by atoms with van der Waals surface area (Å²) in [5.74, 6) is 0.725. The van der Waals surface area contributed by atoms with E-state index in [1.807, 2.05) is 19.2 Å². The van der Waals surface area contributed by atoms with Gasteiger partial charge in [-0.05, 0) is 43.7 Å². The highest BCUT2D eigenvalue weighted by Gasteiger charge is 2.23. The first-order valence-corrected chi connectivity index (χ1v) is 8.52. The van der Waals surface area contributed by atoms with E-state index in [2.05, 4.69) is 29.8 Å². The zero-order chi connectivity index (χ0) is 15.2. The highest BCUT2D eigenvalue weighted by Crippen LogP contribution is 2.29. The molecule has 21 heavy (non-hydrogen) atoms. The molecule has 0 radical (unpaired) electrons. The van der Waals surface area contributed by atoms with Gasteiger partial charge < -0.3 is 10.0 Å². The normalized spacial score (nSPS) is 17.4. The Morgan fingerprint density at radius 3 is 2.52 bits per heavy atom. The number of pyridine rings is 1. The van der Waals surface area contributed by atoms with Crippen molar-refractivity contribution in [1.29, 1.82) is 0 Å². The molecular weight excluding hydrogens is 260 g/mol. The van der Waals surface area contributed by atoms with Gasteiger partial charge in [0.05, 0.1) is 23.7 Å². The fourth-order valence-electron chi connectivity index (χ4n) is 3.11. The standard InChI is InChI=1S/C18H30N2O/c1-4-18(21)17-10-9-16(13-19-17)20(12-11-14(2)3)15-7-5-6-8-15/h9-10,13-15,18,21H,4-8,11-12H2,1-3H3/t18-/m0/s1. The summed E-state index contributed by atoms with van der Waals surface area (Å²) in [5.41, 5.74) is 2.01. The average molecular weight is 290 g/mol. The summed E-state index contributed by atoms with van der Waals surface area (Å²) in [4.78, 5) is 7.02. The van der Waals surface area contributed by atoms with E-state index < -0.39 is 6.10 Å². The molecule has 0 aliphatic heterocycles. The molecule has 0 unspecified atom stereocenters. The molecule has 1 fully saturated rings. The van der Waals surface area contributed by atoms with Gasteiger partial charge in [-0.15, -0.1) is 0 Å². The summed E-state index contributed by atoms with van der Waals surface area (Å²) in [6.45, 7) is 7.66. The molecule has 1 N–H and O–H groups in total. The third kappa shape index (κ3) is 4.44. The van der Waals surface area contributed by atoms with Crippen molar-refractivity contribution in [2.75, 3.05) is 11.4 Å². The summed E-state index contributed by atoms with van der Waals surface area (Å²) in [6, 6.07) is 4.80. The van der Waals surface area contributed by atoms with Crippen LogP contribution in [0.5, 0.6) is 0 Å². The van der Waals surface area contributed by atoms with Gasteiger partial charge in [0.2, 0.25) is 0 Å². The number of nitrogens with zero attached hydrogens (tertiary/aromatic N) is 2. The minimum Gasteiger partial charge on any atom is -0.387 e. The van der Waals surface area contributed by atoms with Crippen molar-refractivity contribution in [3.8, 4) is 0 Å². The van der Waals surface area contributed by atoms with Crippen molar-refractivity contribution < 1.29 is 5.11 Å². The molecule has 0 aromatic carbocycles. The molecule has 0 spiro atoms. The molecule has 1 aromatic rings. The van der Waals surface area contributed by atoms with Gasteiger partial charge in [0.25, 0.3) is 0 Å². The second-order valence-electron chi connectivity index (χ2n) is 6.68. The summed E-state index contributed by atoms with van der Waals surface area (Å²) in [6.07, 6.45) is 8.75. The molecule has 3 heteroatoms. The van der Waals surface area contributed by atoms with Crippen molar-refractivity contribution >= 4 is 5.69 Å². The molecule has 1 aliphatic carbocycles. The van der Waals surface area contributed by atoms with Crippen molar-refractivity contribution in [3.05, 3.63) is 24.0 Å². The average Bonchev–Trinajstić information content (AvgIpc) is 3.01. The van der Waals surface area contributed by atoms with Crippen molar-refractivity contribution in [3.63, 3.8) is 0 Å². The SMILES string of the molecule is CC[C@H](O)c1ccc(N(CCC(C)C)C2CCCC2)cn1. The molecule has 0 bridgehead atoms. The highest BCUT2D eigenvalue weighted by molar-refractivity contribution is 5.46. The Labute approximate surface area is 129 Å². The first-order valence-electron chi connectivity index (χ1n) is 8.52. The largest absolute Gasteiger partial charge is 0.387 e. The van der Waals surface area contributed by atoms with Gasteiger partial charge in [-0.1, -0.05) is 33.6 Å². The molecule has 0 amide bonds. The Hall–Kier alpha value is -1.09. The van der Waals surface area contributed by atoms with Crippen LogP contribution in [0, 0.1) is 5.92 Å². The number of aliphatic hydroxyl groups is 1. The third-order valence-electron chi connectivity index (χ3n) is 4.54. The second kappa shape index (κ2) is 7.79. The minimum absolute atomic E-state index is 0.436. The van der Waals surface area contributed by atoms with Gasteiger partial charge in [0, 0.05) is 12.6 Å². The fraction of sp³-hybridized carbons (Fsp3) is 0.722. The topological polar surface area (TPSA) is 36.4 Å². The lowest BCUT2D eigenvalue weighted by Gasteiger charge is -2.31. The van der Waals surface area contributed by atoms with Crippen molar-refractivity contribution in [2.24, 2.45) is 5.92 Å². The van der Waals surface area contributed by atoms with Gasteiger partial charge in [-0.2, -0.15) is 0 Å². The summed E-state index contributed by atoms with van der Waals surface area (Å²) < 4.78 is 0. The number of hydrogen-bond donors (Lipinski definition) is 1. The van der Waals surface area contributed by atoms with Crippen LogP contribution in [-0.2, 0) is 0 Å². The predicted octanol–water partition coefficient (Wildman–Crippen LogP) is 4.32. The molecular formula is C18H30N2O. The summed E-state index contributed by atoms with van der Waals surface area (Å²) in [5, 5.41) is 9.87. The molecule has 118 valence electrons. The highest BCUT2D eigenvalue weighted by atomic mass is 16.3. The van der Waals surface area contributed by atoms with Gasteiger partial charge in [0.15, 0.2) is 0 Å². The monoisotopic (exact) mass is 290 g/mol. The number of rotatable bonds is 7. The Morgan fingerprint density at radius 2 is 2.00 bits per heavy atom. The summed E-state index contributed by atoms with van der Waals surface area (Å²) in [7, 11) is 0. The molecule has 0 saturated heterocycles. The molecule has 2 rings (SSSR count). The van der Waals surface area contributed by atoms with Crippen LogP contribution in [-0.4, -0.2) is 22.7 Å². The van der Waals surface area contributed by atoms with Crippen LogP contribution in [0.15, 0.2) is 18.3 Å². The maximum atomic E-state index is 9.87. The van der Waals surface area contributed by atoms with Crippen LogP contribution in [0.25, 0.3) is 0 Å². The smallest absolute Gasteiger partial charge is 0.0957 e. The second-order valence-corrected chi connectivity index (χ2v) is 6.68. The van der Waals surface area contributed by atoms with E-state index in [0.717, 1.165) is 18.2 Å². The summed E-state index contributed by atoms with van der Waals surface area (Å²) >= 11 is 0. The Morgan fingerprint density at radius 1 is 1.29 bits per heavy atom. The molecule has 1 atom stereocenters. The lowest BCUT2D eigenvalue weighted by atomic mass is 10.1. The number of aliphatic hydroxyl groups excluding tert-OH is 1. The lowest BCUT2D eigenvalue weighted by molar-refractivity contribution is 0.169. The van der Waals surface area contributed by atoms with E-state index >= 15 is 0 Å². The molecule has 1 heterocycles. The maximum Gasteiger partial charge on any atom is 0.0957 e. The third-order valence-corrected chi connectivity index (χ3v) is 4.54. The van der Waals surface area contributed by atoms with E-state index in [1.54, 1.807) is 0 Å². The van der Waals surface area contributed by atoms with Crippen LogP contribution in [0.1, 0.15) is 71.1 Å². The lowest BCUT2D eigenvalue weighted by Crippen LogP contribution is -2.34. The zero-order valence-corrected chi connectivity index (χ0v) is 13.8. The minimum atomic E-state index is -0.436. The molecule has 1 saturated carbocycles. The zero-order valence-electron chi connectivity index (χ0n) is 13.8. The van der Waals surface area contributed by atoms with E-state index in [-0.39, 0.29) is 0 Å². The van der Waals surface area contributed by atoms with Crippen LogP contribution >= 0.6 is 0 Å². The van der Waals surface area contributed by atoms with Crippen molar-refractivity contribution in [1.82, 2.24) is 4.98 Å². The number of anilines is 1. The quantitative estimate of drug-likeness (QED) is 0.812. The van der Waals surface area contributed by atoms with Gasteiger partial charge in [-0.3, -0.25) is 4.98 Å². The van der Waals surface area contributed by atoms with Crippen molar-refractivity contribution in [2.45, 2.75) is 71.4 Å². The Balaban J connectivity index is 2.11. The van der Waals surface area contributed by atoms with E-state index in [9.17, 15) is 5.11 Å². The van der Waals surface area contributed by atoms with Gasteiger partial charge in [0.1, 0.15) is 0 Å². The van der Waals surface area contributed by atoms with E-state index in [4.69, 9.17) is 0 Å². The Kier molecular flexibility index (Phi) is 6.04. The Bertz CT molecular complexity index is 410. The number of aromatic nitrogens is 1. The maximum absolute atomic E-state index is 9.87.